The molecule has 2 aromatic rings. The summed E-state index contributed by atoms with van der Waals surface area (Å²) in [5.74, 6) is -1.35. The van der Waals surface area contributed by atoms with Crippen molar-refractivity contribution in [2.45, 2.75) is 44.8 Å². The lowest BCUT2D eigenvalue weighted by Gasteiger charge is -2.15. The number of ether oxygens (including phenoxy) is 1. The van der Waals surface area contributed by atoms with Gasteiger partial charge in [0.1, 0.15) is 6.33 Å². The van der Waals surface area contributed by atoms with Gasteiger partial charge in [0.2, 0.25) is 0 Å². The molecule has 0 aliphatic heterocycles. The molecule has 0 radical (unpaired) electrons. The van der Waals surface area contributed by atoms with E-state index in [1.165, 1.54) is 30.1 Å². The first-order chi connectivity index (χ1) is 13.0. The molecule has 1 aromatic carbocycles. The molecule has 0 spiro atoms. The summed E-state index contributed by atoms with van der Waals surface area (Å²) in [4.78, 5) is 36.0. The van der Waals surface area contributed by atoms with E-state index in [0.717, 1.165) is 25.7 Å². The average molecular weight is 372 g/mol. The SMILES string of the molecule is C[C@H](OC(=O)c1ccc(-n2cnnn2)cc1)C(=O)NC(=O)NC1CCCC1. The molecule has 0 unspecified atom stereocenters. The Kier molecular flexibility index (Phi) is 5.74. The molecule has 10 nitrogen and oxygen atoms in total. The van der Waals surface area contributed by atoms with Crippen LogP contribution in [0.2, 0.25) is 0 Å². The van der Waals surface area contributed by atoms with E-state index in [0.29, 0.717) is 5.69 Å². The zero-order valence-electron chi connectivity index (χ0n) is 14.8. The number of hydrogen-bond donors (Lipinski definition) is 2. The number of nitrogens with zero attached hydrogens (tertiary/aromatic N) is 4. The summed E-state index contributed by atoms with van der Waals surface area (Å²) in [6.45, 7) is 1.41. The molecule has 1 aliphatic carbocycles. The number of nitrogens with one attached hydrogen (secondary N) is 2. The molecule has 1 atom stereocenters. The van der Waals surface area contributed by atoms with Crippen LogP contribution in [0.15, 0.2) is 30.6 Å². The Morgan fingerprint density at radius 1 is 1.19 bits per heavy atom. The Labute approximate surface area is 155 Å². The highest BCUT2D eigenvalue weighted by molar-refractivity contribution is 5.98. The summed E-state index contributed by atoms with van der Waals surface area (Å²) in [6, 6.07) is 5.89. The predicted octanol–water partition coefficient (Wildman–Crippen LogP) is 0.976. The van der Waals surface area contributed by atoms with Crippen molar-refractivity contribution in [1.82, 2.24) is 30.8 Å². The number of amides is 3. The number of esters is 1. The van der Waals surface area contributed by atoms with Gasteiger partial charge in [0.25, 0.3) is 5.91 Å². The lowest BCUT2D eigenvalue weighted by atomic mass is 10.2. The van der Waals surface area contributed by atoms with Crippen LogP contribution in [-0.4, -0.2) is 50.3 Å². The fourth-order valence-corrected chi connectivity index (χ4v) is 2.82. The maximum Gasteiger partial charge on any atom is 0.338 e. The van der Waals surface area contributed by atoms with E-state index >= 15 is 0 Å². The highest BCUT2D eigenvalue weighted by Gasteiger charge is 2.23. The van der Waals surface area contributed by atoms with Crippen molar-refractivity contribution in [3.63, 3.8) is 0 Å². The van der Waals surface area contributed by atoms with Crippen LogP contribution in [-0.2, 0) is 9.53 Å². The Morgan fingerprint density at radius 2 is 1.89 bits per heavy atom. The van der Waals surface area contributed by atoms with E-state index in [1.54, 1.807) is 12.1 Å². The van der Waals surface area contributed by atoms with Gasteiger partial charge in [0.15, 0.2) is 6.10 Å². The van der Waals surface area contributed by atoms with Crippen LogP contribution in [0, 0.1) is 0 Å². The van der Waals surface area contributed by atoms with Crippen LogP contribution in [0.5, 0.6) is 0 Å². The molecule has 1 saturated carbocycles. The lowest BCUT2D eigenvalue weighted by molar-refractivity contribution is -0.127. The molecule has 2 N–H and O–H groups in total. The summed E-state index contributed by atoms with van der Waals surface area (Å²) in [6.07, 6.45) is 4.28. The molecule has 3 rings (SSSR count). The smallest absolute Gasteiger partial charge is 0.338 e. The number of aromatic nitrogens is 4. The maximum atomic E-state index is 12.2. The van der Waals surface area contributed by atoms with Crippen LogP contribution in [0.1, 0.15) is 43.0 Å². The minimum absolute atomic E-state index is 0.0920. The molecule has 1 aromatic heterocycles. The van der Waals surface area contributed by atoms with Crippen molar-refractivity contribution in [2.24, 2.45) is 0 Å². The molecule has 10 heteroatoms. The van der Waals surface area contributed by atoms with E-state index in [2.05, 4.69) is 26.2 Å². The van der Waals surface area contributed by atoms with Gasteiger partial charge in [-0.15, -0.1) is 5.10 Å². The second-order valence-electron chi connectivity index (χ2n) is 6.29. The van der Waals surface area contributed by atoms with Gasteiger partial charge < -0.3 is 10.1 Å². The molecule has 3 amide bonds. The molecular formula is C17H20N6O4. The minimum Gasteiger partial charge on any atom is -0.449 e. The summed E-state index contributed by atoms with van der Waals surface area (Å²) in [5.41, 5.74) is 0.938. The topological polar surface area (TPSA) is 128 Å². The number of carbonyl (C=O) groups is 3. The monoisotopic (exact) mass is 372 g/mol. The standard InChI is InChI=1S/C17H20N6O4/c1-11(15(24)20-17(26)19-13-4-2-3-5-13)27-16(25)12-6-8-14(9-7-12)23-10-18-21-22-23/h6-11,13H,2-5H2,1H3,(H2,19,20,24,26)/t11-/m0/s1. The maximum absolute atomic E-state index is 12.2. The summed E-state index contributed by atoms with van der Waals surface area (Å²) in [5, 5.41) is 15.8. The van der Waals surface area contributed by atoms with Crippen molar-refractivity contribution < 1.29 is 19.1 Å². The Morgan fingerprint density at radius 3 is 2.52 bits per heavy atom. The van der Waals surface area contributed by atoms with Gasteiger partial charge in [-0.25, -0.2) is 14.3 Å². The van der Waals surface area contributed by atoms with Gasteiger partial charge in [0, 0.05) is 6.04 Å². The Bertz CT molecular complexity index is 799. The Hall–Kier alpha value is -3.30. The molecule has 1 aliphatic rings. The van der Waals surface area contributed by atoms with E-state index in [9.17, 15) is 14.4 Å². The van der Waals surface area contributed by atoms with Crippen LogP contribution in [0.25, 0.3) is 5.69 Å². The second-order valence-corrected chi connectivity index (χ2v) is 6.29. The predicted molar refractivity (Wildman–Crippen MR) is 93.0 cm³/mol. The summed E-state index contributed by atoms with van der Waals surface area (Å²) >= 11 is 0. The van der Waals surface area contributed by atoms with E-state index in [4.69, 9.17) is 4.74 Å². The third-order valence-electron chi connectivity index (χ3n) is 4.30. The summed E-state index contributed by atoms with van der Waals surface area (Å²) in [7, 11) is 0. The number of carbonyl (C=O) groups excluding carboxylic acids is 3. The van der Waals surface area contributed by atoms with Gasteiger partial charge in [-0.05, 0) is 54.5 Å². The molecular weight excluding hydrogens is 352 g/mol. The number of hydrogen-bond acceptors (Lipinski definition) is 7. The molecule has 1 fully saturated rings. The van der Waals surface area contributed by atoms with Crippen molar-refractivity contribution in [1.29, 1.82) is 0 Å². The largest absolute Gasteiger partial charge is 0.449 e. The number of tetrazole rings is 1. The first-order valence-corrected chi connectivity index (χ1v) is 8.68. The first-order valence-electron chi connectivity index (χ1n) is 8.68. The Balaban J connectivity index is 1.50. The normalized spacial score (nSPS) is 15.1. The number of urea groups is 1. The van der Waals surface area contributed by atoms with Crippen molar-refractivity contribution >= 4 is 17.9 Å². The average Bonchev–Trinajstić information content (AvgIpc) is 3.35. The lowest BCUT2D eigenvalue weighted by Crippen LogP contribution is -2.47. The fourth-order valence-electron chi connectivity index (χ4n) is 2.82. The highest BCUT2D eigenvalue weighted by Crippen LogP contribution is 2.17. The third kappa shape index (κ3) is 4.87. The third-order valence-corrected chi connectivity index (χ3v) is 4.30. The molecule has 0 bridgehead atoms. The minimum atomic E-state index is -1.11. The number of benzene rings is 1. The fraction of sp³-hybridized carbons (Fsp3) is 0.412. The van der Waals surface area contributed by atoms with Gasteiger partial charge in [0.05, 0.1) is 11.3 Å². The molecule has 142 valence electrons. The molecule has 0 saturated heterocycles. The zero-order chi connectivity index (χ0) is 19.2. The zero-order valence-corrected chi connectivity index (χ0v) is 14.8. The molecule has 27 heavy (non-hydrogen) atoms. The number of imide groups is 1. The van der Waals surface area contributed by atoms with Crippen LogP contribution in [0.3, 0.4) is 0 Å². The van der Waals surface area contributed by atoms with E-state index in [-0.39, 0.29) is 11.6 Å². The highest BCUT2D eigenvalue weighted by atomic mass is 16.5. The van der Waals surface area contributed by atoms with Crippen molar-refractivity contribution in [2.75, 3.05) is 0 Å². The van der Waals surface area contributed by atoms with Crippen LogP contribution >= 0.6 is 0 Å². The van der Waals surface area contributed by atoms with Gasteiger partial charge in [-0.2, -0.15) is 0 Å². The van der Waals surface area contributed by atoms with Crippen molar-refractivity contribution in [3.05, 3.63) is 36.2 Å². The number of rotatable bonds is 5. The van der Waals surface area contributed by atoms with Crippen molar-refractivity contribution in [3.8, 4) is 5.69 Å². The second kappa shape index (κ2) is 8.39. The quantitative estimate of drug-likeness (QED) is 0.749. The van der Waals surface area contributed by atoms with Crippen LogP contribution < -0.4 is 10.6 Å². The first kappa shape index (κ1) is 18.5. The van der Waals surface area contributed by atoms with E-state index < -0.39 is 24.0 Å². The van der Waals surface area contributed by atoms with Gasteiger partial charge in [-0.3, -0.25) is 10.1 Å². The summed E-state index contributed by atoms with van der Waals surface area (Å²) < 4.78 is 6.56. The molecule has 1 heterocycles. The van der Waals surface area contributed by atoms with Gasteiger partial charge >= 0.3 is 12.0 Å². The van der Waals surface area contributed by atoms with E-state index in [1.807, 2.05) is 0 Å². The van der Waals surface area contributed by atoms with Crippen LogP contribution in [0.4, 0.5) is 4.79 Å². The van der Waals surface area contributed by atoms with Gasteiger partial charge in [-0.1, -0.05) is 12.8 Å².